The second-order valence-corrected chi connectivity index (χ2v) is 7.52. The van der Waals surface area contributed by atoms with Crippen LogP contribution in [0, 0.1) is 0 Å². The predicted octanol–water partition coefficient (Wildman–Crippen LogP) is 3.54. The maximum atomic E-state index is 13.2. The van der Waals surface area contributed by atoms with E-state index in [1.54, 1.807) is 13.3 Å². The number of benzene rings is 1. The molecule has 4 rings (SSSR count). The van der Waals surface area contributed by atoms with Gasteiger partial charge >= 0.3 is 0 Å². The van der Waals surface area contributed by atoms with Crippen molar-refractivity contribution in [2.24, 2.45) is 0 Å². The van der Waals surface area contributed by atoms with Gasteiger partial charge in [0.1, 0.15) is 5.75 Å². The minimum atomic E-state index is -1.27. The van der Waals surface area contributed by atoms with E-state index in [2.05, 4.69) is 15.0 Å². The molecule has 0 aliphatic heterocycles. The van der Waals surface area contributed by atoms with Crippen LogP contribution in [0.2, 0.25) is 0 Å². The molecule has 5 nitrogen and oxygen atoms in total. The van der Waals surface area contributed by atoms with Crippen LogP contribution >= 0.6 is 0 Å². The lowest BCUT2D eigenvalue weighted by atomic mass is 10.1. The summed E-state index contributed by atoms with van der Waals surface area (Å²) in [6, 6.07) is 9.63. The lowest BCUT2D eigenvalue weighted by Gasteiger charge is -2.16. The van der Waals surface area contributed by atoms with Crippen molar-refractivity contribution < 1.29 is 8.95 Å². The molecule has 0 fully saturated rings. The molecule has 0 bridgehead atoms. The van der Waals surface area contributed by atoms with Crippen LogP contribution in [0.3, 0.4) is 0 Å². The quantitative estimate of drug-likeness (QED) is 0.740. The predicted molar refractivity (Wildman–Crippen MR) is 93.6 cm³/mol. The molecule has 0 spiro atoms. The summed E-state index contributed by atoms with van der Waals surface area (Å²) in [5, 5.41) is 0.372. The number of nitrogens with one attached hydrogen (secondary N) is 1. The number of aromatic nitrogens is 3. The van der Waals surface area contributed by atoms with E-state index < -0.39 is 10.8 Å². The number of ether oxygens (including phenoxy) is 1. The molecular formula is C18H19N3O2S. The smallest absolute Gasteiger partial charge is 0.198 e. The van der Waals surface area contributed by atoms with Gasteiger partial charge in [-0.2, -0.15) is 0 Å². The largest absolute Gasteiger partial charge is 0.496 e. The van der Waals surface area contributed by atoms with Crippen molar-refractivity contribution in [3.63, 3.8) is 0 Å². The highest BCUT2D eigenvalue weighted by atomic mass is 32.2. The van der Waals surface area contributed by atoms with Gasteiger partial charge in [-0.25, -0.2) is 4.98 Å². The Labute approximate surface area is 142 Å². The average molecular weight is 341 g/mol. The number of rotatable bonds is 3. The fourth-order valence-electron chi connectivity index (χ4n) is 3.35. The van der Waals surface area contributed by atoms with Crippen LogP contribution in [0.25, 0.3) is 11.0 Å². The SMILES string of the molecule is COc1ccnc2c1CCCC[C@@H]2[S@@](=O)c1nc2ccccc2[nH]1. The van der Waals surface area contributed by atoms with E-state index in [-0.39, 0.29) is 5.25 Å². The lowest BCUT2D eigenvalue weighted by Crippen LogP contribution is -2.11. The molecule has 1 aromatic carbocycles. The first-order valence-electron chi connectivity index (χ1n) is 8.15. The van der Waals surface area contributed by atoms with E-state index >= 15 is 0 Å². The van der Waals surface area contributed by atoms with Gasteiger partial charge in [-0.05, 0) is 37.5 Å². The lowest BCUT2D eigenvalue weighted by molar-refractivity contribution is 0.408. The topological polar surface area (TPSA) is 67.9 Å². The van der Waals surface area contributed by atoms with Crippen molar-refractivity contribution in [1.29, 1.82) is 0 Å². The van der Waals surface area contributed by atoms with Crippen LogP contribution in [0.5, 0.6) is 5.75 Å². The van der Waals surface area contributed by atoms with Crippen LogP contribution < -0.4 is 4.74 Å². The standard InChI is InChI=1S/C18H19N3O2S/c1-23-15-10-11-19-17-12(15)6-2-5-9-16(17)24(22)18-20-13-7-3-4-8-14(13)21-18/h3-4,7-8,10-11,16H,2,5-6,9H2,1H3,(H,20,21)/t16-,24+/m0/s1. The van der Waals surface area contributed by atoms with E-state index in [9.17, 15) is 4.21 Å². The van der Waals surface area contributed by atoms with E-state index in [1.165, 1.54) is 0 Å². The van der Waals surface area contributed by atoms with Crippen LogP contribution in [-0.2, 0) is 17.2 Å². The number of H-pyrrole nitrogens is 1. The summed E-state index contributed by atoms with van der Waals surface area (Å²) in [6.07, 6.45) is 5.59. The van der Waals surface area contributed by atoms with Gasteiger partial charge in [-0.15, -0.1) is 0 Å². The molecule has 2 aromatic heterocycles. The number of imidazole rings is 1. The fraction of sp³-hybridized carbons (Fsp3) is 0.333. The molecule has 6 heteroatoms. The number of pyridine rings is 1. The number of hydrogen-bond donors (Lipinski definition) is 1. The zero-order valence-electron chi connectivity index (χ0n) is 13.5. The number of nitrogens with zero attached hydrogens (tertiary/aromatic N) is 2. The first kappa shape index (κ1) is 15.3. The zero-order chi connectivity index (χ0) is 16.5. The van der Waals surface area contributed by atoms with Crippen molar-refractivity contribution in [3.05, 3.63) is 47.8 Å². The first-order valence-corrected chi connectivity index (χ1v) is 9.36. The van der Waals surface area contributed by atoms with Gasteiger partial charge in [-0.1, -0.05) is 18.6 Å². The van der Waals surface area contributed by atoms with Crippen LogP contribution in [0.1, 0.15) is 35.8 Å². The summed E-state index contributed by atoms with van der Waals surface area (Å²) in [4.78, 5) is 12.3. The van der Waals surface area contributed by atoms with E-state index in [0.29, 0.717) is 5.16 Å². The van der Waals surface area contributed by atoms with Crippen LogP contribution in [0.15, 0.2) is 41.7 Å². The molecule has 1 aliphatic rings. The summed E-state index contributed by atoms with van der Waals surface area (Å²) in [5.74, 6) is 0.841. The maximum Gasteiger partial charge on any atom is 0.198 e. The van der Waals surface area contributed by atoms with Crippen LogP contribution in [-0.4, -0.2) is 26.3 Å². The first-order chi connectivity index (χ1) is 11.8. The van der Waals surface area contributed by atoms with Crippen molar-refractivity contribution in [2.75, 3.05) is 7.11 Å². The van der Waals surface area contributed by atoms with Crippen molar-refractivity contribution >= 4 is 21.8 Å². The third kappa shape index (κ3) is 2.60. The van der Waals surface area contributed by atoms with Gasteiger partial charge in [-0.3, -0.25) is 9.19 Å². The summed E-state index contributed by atoms with van der Waals surface area (Å²) in [6.45, 7) is 0. The normalized spacial score (nSPS) is 18.8. The molecule has 0 unspecified atom stereocenters. The number of methoxy groups -OCH3 is 1. The monoisotopic (exact) mass is 341 g/mol. The highest BCUT2D eigenvalue weighted by molar-refractivity contribution is 7.85. The van der Waals surface area contributed by atoms with Crippen molar-refractivity contribution in [1.82, 2.24) is 15.0 Å². The molecule has 124 valence electrons. The summed E-state index contributed by atoms with van der Waals surface area (Å²) >= 11 is 0. The number of para-hydroxylation sites is 2. The average Bonchev–Trinajstić information content (AvgIpc) is 2.93. The van der Waals surface area contributed by atoms with Crippen LogP contribution in [0.4, 0.5) is 0 Å². The van der Waals surface area contributed by atoms with Gasteiger partial charge in [0, 0.05) is 11.8 Å². The molecule has 0 amide bonds. The zero-order valence-corrected chi connectivity index (χ0v) is 14.3. The molecular weight excluding hydrogens is 322 g/mol. The van der Waals surface area contributed by atoms with Crippen molar-refractivity contribution in [2.45, 2.75) is 36.1 Å². The molecule has 1 aliphatic carbocycles. The number of fused-ring (bicyclic) bond motifs is 2. The van der Waals surface area contributed by atoms with Gasteiger partial charge < -0.3 is 9.72 Å². The highest BCUT2D eigenvalue weighted by Crippen LogP contribution is 2.37. The molecule has 24 heavy (non-hydrogen) atoms. The third-order valence-corrected chi connectivity index (χ3v) is 6.08. The molecule has 3 aromatic rings. The van der Waals surface area contributed by atoms with Gasteiger partial charge in [0.05, 0.1) is 39.9 Å². The molecule has 2 atom stereocenters. The Bertz CT molecular complexity index is 873. The molecule has 0 saturated heterocycles. The number of hydrogen-bond acceptors (Lipinski definition) is 4. The number of aromatic amines is 1. The Morgan fingerprint density at radius 3 is 2.96 bits per heavy atom. The van der Waals surface area contributed by atoms with E-state index in [4.69, 9.17) is 4.74 Å². The Balaban J connectivity index is 1.77. The maximum absolute atomic E-state index is 13.2. The summed E-state index contributed by atoms with van der Waals surface area (Å²) in [7, 11) is 0.402. The van der Waals surface area contributed by atoms with E-state index in [0.717, 1.165) is 53.7 Å². The highest BCUT2D eigenvalue weighted by Gasteiger charge is 2.29. The fourth-order valence-corrected chi connectivity index (χ4v) is 4.80. The third-order valence-electron chi connectivity index (χ3n) is 4.53. The van der Waals surface area contributed by atoms with Crippen molar-refractivity contribution in [3.8, 4) is 5.75 Å². The van der Waals surface area contributed by atoms with E-state index in [1.807, 2.05) is 30.3 Å². The minimum Gasteiger partial charge on any atom is -0.496 e. The summed E-state index contributed by atoms with van der Waals surface area (Å²) < 4.78 is 18.7. The molecule has 1 N–H and O–H groups in total. The second-order valence-electron chi connectivity index (χ2n) is 5.97. The summed E-state index contributed by atoms with van der Waals surface area (Å²) in [5.41, 5.74) is 3.74. The van der Waals surface area contributed by atoms with Gasteiger partial charge in [0.25, 0.3) is 0 Å². The Morgan fingerprint density at radius 1 is 1.25 bits per heavy atom. The second kappa shape index (κ2) is 6.36. The van der Waals surface area contributed by atoms with Gasteiger partial charge in [0.15, 0.2) is 5.16 Å². The Kier molecular flexibility index (Phi) is 4.06. The Morgan fingerprint density at radius 2 is 2.12 bits per heavy atom. The van der Waals surface area contributed by atoms with Gasteiger partial charge in [0.2, 0.25) is 0 Å². The minimum absolute atomic E-state index is 0.154. The molecule has 2 heterocycles. The Hall–Kier alpha value is -2.21. The molecule has 0 saturated carbocycles. The molecule has 0 radical (unpaired) electrons.